The summed E-state index contributed by atoms with van der Waals surface area (Å²) in [5, 5.41) is 11.3. The monoisotopic (exact) mass is 668 g/mol. The van der Waals surface area contributed by atoms with E-state index < -0.39 is 35.8 Å². The molecule has 3 heterocycles. The van der Waals surface area contributed by atoms with Crippen LogP contribution in [0.15, 0.2) is 66.7 Å². The van der Waals surface area contributed by atoms with Crippen LogP contribution in [0.5, 0.6) is 0 Å². The van der Waals surface area contributed by atoms with Crippen molar-refractivity contribution in [2.45, 2.75) is 85.0 Å². The molecule has 11 heteroatoms. The second-order valence-corrected chi connectivity index (χ2v) is 13.2. The van der Waals surface area contributed by atoms with Crippen LogP contribution in [0.3, 0.4) is 0 Å². The topological polar surface area (TPSA) is 150 Å². The third kappa shape index (κ3) is 11.0. The number of hydrogen-bond donors (Lipinski definition) is 4. The van der Waals surface area contributed by atoms with Crippen molar-refractivity contribution < 1.29 is 24.0 Å². The minimum atomic E-state index is -0.979. The Morgan fingerprint density at radius 3 is 2.14 bits per heavy atom. The highest BCUT2D eigenvalue weighted by molar-refractivity contribution is 5.99. The summed E-state index contributed by atoms with van der Waals surface area (Å²) >= 11 is 0. The Morgan fingerprint density at radius 1 is 0.837 bits per heavy atom. The van der Waals surface area contributed by atoms with Gasteiger partial charge in [0.15, 0.2) is 0 Å². The van der Waals surface area contributed by atoms with Crippen molar-refractivity contribution in [3.63, 3.8) is 0 Å². The van der Waals surface area contributed by atoms with Gasteiger partial charge in [-0.05, 0) is 81.3 Å². The molecule has 1 aromatic heterocycles. The summed E-state index contributed by atoms with van der Waals surface area (Å²) < 4.78 is 0. The molecule has 260 valence electrons. The van der Waals surface area contributed by atoms with E-state index in [1.54, 1.807) is 48.2 Å². The van der Waals surface area contributed by atoms with Gasteiger partial charge in [0, 0.05) is 48.6 Å². The first kappa shape index (κ1) is 36.8. The number of carbonyl (C=O) groups excluding carboxylic acids is 5. The molecule has 0 radical (unpaired) electrons. The molecule has 0 saturated heterocycles. The average molecular weight is 669 g/mol. The van der Waals surface area contributed by atoms with Gasteiger partial charge in [0.05, 0.1) is 0 Å². The second-order valence-electron chi connectivity index (χ2n) is 13.2. The summed E-state index contributed by atoms with van der Waals surface area (Å²) in [6.45, 7) is 10.3. The number of nitrogens with one attached hydrogen (secondary N) is 4. The first-order chi connectivity index (χ1) is 23.4. The van der Waals surface area contributed by atoms with Crippen LogP contribution in [0.25, 0.3) is 0 Å². The van der Waals surface area contributed by atoms with Gasteiger partial charge < -0.3 is 26.2 Å². The lowest BCUT2D eigenvalue weighted by atomic mass is 10.0. The summed E-state index contributed by atoms with van der Waals surface area (Å²) in [4.78, 5) is 73.5. The van der Waals surface area contributed by atoms with Crippen molar-refractivity contribution in [1.29, 1.82) is 0 Å². The van der Waals surface area contributed by atoms with Gasteiger partial charge in [-0.15, -0.1) is 0 Å². The molecule has 2 aliphatic rings. The predicted octanol–water partition coefficient (Wildman–Crippen LogP) is 3.63. The van der Waals surface area contributed by atoms with E-state index >= 15 is 0 Å². The highest BCUT2D eigenvalue weighted by Gasteiger charge is 2.29. The summed E-state index contributed by atoms with van der Waals surface area (Å²) in [5.41, 5.74) is 4.07. The molecule has 49 heavy (non-hydrogen) atoms. The van der Waals surface area contributed by atoms with Gasteiger partial charge in [-0.3, -0.25) is 29.0 Å². The van der Waals surface area contributed by atoms with E-state index in [1.807, 2.05) is 58.0 Å². The number of benzene rings is 2. The van der Waals surface area contributed by atoms with Crippen LogP contribution in [0.2, 0.25) is 0 Å². The Hall–Kier alpha value is -5.06. The van der Waals surface area contributed by atoms with Crippen LogP contribution in [-0.2, 0) is 27.3 Å². The zero-order valence-corrected chi connectivity index (χ0v) is 29.0. The van der Waals surface area contributed by atoms with Crippen molar-refractivity contribution in [2.24, 2.45) is 5.92 Å². The van der Waals surface area contributed by atoms with E-state index in [1.165, 1.54) is 0 Å². The van der Waals surface area contributed by atoms with Crippen LogP contribution in [0.4, 0.5) is 0 Å². The van der Waals surface area contributed by atoms with E-state index in [0.29, 0.717) is 50.0 Å². The number of amides is 5. The Morgan fingerprint density at radius 2 is 1.49 bits per heavy atom. The smallest absolute Gasteiger partial charge is 0.254 e. The van der Waals surface area contributed by atoms with Crippen LogP contribution in [-0.4, -0.2) is 70.6 Å². The average Bonchev–Trinajstić information content (AvgIpc) is 3.06. The molecule has 0 fully saturated rings. The van der Waals surface area contributed by atoms with Crippen molar-refractivity contribution >= 4 is 29.5 Å². The minimum absolute atomic E-state index is 0.0633. The van der Waals surface area contributed by atoms with Gasteiger partial charge >= 0.3 is 0 Å². The van der Waals surface area contributed by atoms with Crippen LogP contribution >= 0.6 is 0 Å². The molecule has 0 saturated carbocycles. The molecule has 11 nitrogen and oxygen atoms in total. The molecule has 5 amide bonds. The first-order valence-electron chi connectivity index (χ1n) is 17.0. The molecule has 2 aliphatic heterocycles. The fraction of sp³-hybridized carbons (Fsp3) is 0.421. The number of aryl methyl sites for hydroxylation is 2. The van der Waals surface area contributed by atoms with E-state index in [-0.39, 0.29) is 24.2 Å². The summed E-state index contributed by atoms with van der Waals surface area (Å²) in [7, 11) is 0. The molecule has 3 atom stereocenters. The standard InChI is InChI=1S/C38H48N6O5/c1-24(2)19-32-36(47)41-27(5)34(45)39-17-9-10-18-44(38(49)31-20-25(3)40-26(4)21-31)23-29-13-15-30(16-14-29)35(46)42-33(37(48)43-32)22-28-11-7-6-8-12-28/h6-8,11-16,20-21,24,27,32-33H,9-10,17-19,22-23H2,1-5H3,(H,39,45)(H,41,47)(H,42,46)(H,43,48)/t27-,32+,33-/m1/s1. The number of rotatable bonds is 5. The molecular formula is C38H48N6O5. The molecule has 3 aromatic rings. The van der Waals surface area contributed by atoms with Crippen molar-refractivity contribution in [3.05, 3.63) is 100 Å². The SMILES string of the molecule is Cc1cc(C(=O)N2CCCCNC(=O)[C@@H](C)NC(=O)[C@H](CC(C)C)NC(=O)[C@@H](Cc3ccccc3)NC(=O)c3ccc(cc3)C2)cc(C)n1. The maximum absolute atomic E-state index is 13.8. The molecule has 2 bridgehead atoms. The Bertz CT molecular complexity index is 1610. The van der Waals surface area contributed by atoms with E-state index in [2.05, 4.69) is 26.3 Å². The van der Waals surface area contributed by atoms with Crippen LogP contribution in [0.1, 0.15) is 83.3 Å². The van der Waals surface area contributed by atoms with Gasteiger partial charge in [-0.1, -0.05) is 56.3 Å². The fourth-order valence-corrected chi connectivity index (χ4v) is 5.82. The third-order valence-electron chi connectivity index (χ3n) is 8.36. The Labute approximate surface area is 288 Å². The quantitative estimate of drug-likeness (QED) is 0.305. The Kier molecular flexibility index (Phi) is 13.0. The van der Waals surface area contributed by atoms with Gasteiger partial charge in [-0.2, -0.15) is 0 Å². The van der Waals surface area contributed by atoms with Gasteiger partial charge in [0.2, 0.25) is 17.7 Å². The molecule has 0 aliphatic carbocycles. The maximum atomic E-state index is 13.8. The lowest BCUT2D eigenvalue weighted by Gasteiger charge is -2.25. The number of pyridine rings is 1. The first-order valence-corrected chi connectivity index (χ1v) is 17.0. The lowest BCUT2D eigenvalue weighted by molar-refractivity contribution is -0.132. The van der Waals surface area contributed by atoms with Crippen molar-refractivity contribution in [3.8, 4) is 0 Å². The van der Waals surface area contributed by atoms with Crippen molar-refractivity contribution in [1.82, 2.24) is 31.2 Å². The van der Waals surface area contributed by atoms with E-state index in [4.69, 9.17) is 0 Å². The summed E-state index contributed by atoms with van der Waals surface area (Å²) in [5.74, 6) is -1.86. The second kappa shape index (κ2) is 17.4. The molecule has 4 N–H and O–H groups in total. The number of nitrogens with zero attached hydrogens (tertiary/aromatic N) is 2. The van der Waals surface area contributed by atoms with Gasteiger partial charge in [0.1, 0.15) is 18.1 Å². The number of carbonyl (C=O) groups is 5. The summed E-state index contributed by atoms with van der Waals surface area (Å²) in [6, 6.07) is 17.1. The zero-order valence-electron chi connectivity index (χ0n) is 29.0. The fourth-order valence-electron chi connectivity index (χ4n) is 5.82. The predicted molar refractivity (Wildman–Crippen MR) is 188 cm³/mol. The molecular weight excluding hydrogens is 620 g/mol. The number of hydrogen-bond acceptors (Lipinski definition) is 6. The molecule has 0 unspecified atom stereocenters. The number of aromatic nitrogens is 1. The zero-order chi connectivity index (χ0) is 35.5. The van der Waals surface area contributed by atoms with Crippen LogP contribution < -0.4 is 21.3 Å². The van der Waals surface area contributed by atoms with Gasteiger partial charge in [0.25, 0.3) is 11.8 Å². The Balaban J connectivity index is 1.63. The minimum Gasteiger partial charge on any atom is -0.354 e. The third-order valence-corrected chi connectivity index (χ3v) is 8.36. The van der Waals surface area contributed by atoms with Gasteiger partial charge in [-0.25, -0.2) is 0 Å². The van der Waals surface area contributed by atoms with Crippen LogP contribution in [0, 0.1) is 19.8 Å². The largest absolute Gasteiger partial charge is 0.354 e. The molecule has 2 aromatic carbocycles. The molecule has 0 spiro atoms. The number of fused-ring (bicyclic) bond motifs is 18. The summed E-state index contributed by atoms with van der Waals surface area (Å²) in [6.07, 6.45) is 1.78. The van der Waals surface area contributed by atoms with E-state index in [9.17, 15) is 24.0 Å². The van der Waals surface area contributed by atoms with E-state index in [0.717, 1.165) is 22.5 Å². The molecule has 5 rings (SSSR count). The normalized spacial score (nSPS) is 20.1. The highest BCUT2D eigenvalue weighted by Crippen LogP contribution is 2.15. The maximum Gasteiger partial charge on any atom is 0.254 e. The lowest BCUT2D eigenvalue weighted by Crippen LogP contribution is -2.57. The highest BCUT2D eigenvalue weighted by atomic mass is 16.2. The van der Waals surface area contributed by atoms with Crippen molar-refractivity contribution in [2.75, 3.05) is 13.1 Å².